The summed E-state index contributed by atoms with van der Waals surface area (Å²) in [4.78, 5) is 27.2. The summed E-state index contributed by atoms with van der Waals surface area (Å²) < 4.78 is 33.1. The molecule has 2 aliphatic rings. The van der Waals surface area contributed by atoms with Gasteiger partial charge in [-0.1, -0.05) is 30.3 Å². The molecule has 192 valence electrons. The van der Waals surface area contributed by atoms with E-state index in [0.29, 0.717) is 18.5 Å². The molecule has 2 heterocycles. The second-order valence-corrected chi connectivity index (χ2v) is 11.4. The summed E-state index contributed by atoms with van der Waals surface area (Å²) in [5.41, 5.74) is 3.53. The molecule has 0 aromatic heterocycles. The third-order valence-corrected chi connectivity index (χ3v) is 9.17. The molecule has 37 heavy (non-hydrogen) atoms. The minimum atomic E-state index is -3.73. The highest BCUT2D eigenvalue weighted by Crippen LogP contribution is 2.48. The number of benzene rings is 3. The Bertz CT molecular complexity index is 1440. The first-order valence-corrected chi connectivity index (χ1v) is 13.6. The first kappa shape index (κ1) is 25.0. The van der Waals surface area contributed by atoms with Crippen LogP contribution in [0.1, 0.15) is 24.0 Å². The molecule has 0 aliphatic carbocycles. The van der Waals surface area contributed by atoms with Crippen molar-refractivity contribution in [1.29, 1.82) is 0 Å². The lowest BCUT2D eigenvalue weighted by Gasteiger charge is -2.37. The van der Waals surface area contributed by atoms with Gasteiger partial charge in [-0.05, 0) is 73.4 Å². The first-order chi connectivity index (χ1) is 17.7. The molecule has 0 bridgehead atoms. The maximum atomic E-state index is 13.6. The van der Waals surface area contributed by atoms with Crippen molar-refractivity contribution in [2.24, 2.45) is 0 Å². The smallest absolute Gasteiger partial charge is 0.325 e. The van der Waals surface area contributed by atoms with Gasteiger partial charge in [0, 0.05) is 30.2 Å². The van der Waals surface area contributed by atoms with Gasteiger partial charge in [0.15, 0.2) is 0 Å². The number of hydrogen-bond donors (Lipinski definition) is 1. The average Bonchev–Trinajstić information content (AvgIpc) is 3.12. The molecule has 0 atom stereocenters. The summed E-state index contributed by atoms with van der Waals surface area (Å²) in [5, 5.41) is 3.29. The lowest BCUT2D eigenvalue weighted by Crippen LogP contribution is -2.50. The zero-order valence-corrected chi connectivity index (χ0v) is 21.6. The molecular formula is C28H29N3O5S. The lowest BCUT2D eigenvalue weighted by atomic mass is 9.74. The number of carbonyl (C=O) groups is 2. The average molecular weight is 520 g/mol. The number of nitrogens with one attached hydrogen (secondary N) is 1. The third kappa shape index (κ3) is 4.49. The highest BCUT2D eigenvalue weighted by atomic mass is 32.2. The van der Waals surface area contributed by atoms with Gasteiger partial charge < -0.3 is 15.0 Å². The number of hydrogen-bond acceptors (Lipinski definition) is 6. The van der Waals surface area contributed by atoms with Crippen LogP contribution in [-0.4, -0.2) is 51.3 Å². The van der Waals surface area contributed by atoms with Crippen molar-refractivity contribution in [3.63, 3.8) is 0 Å². The van der Waals surface area contributed by atoms with Gasteiger partial charge in [0.2, 0.25) is 15.9 Å². The molecule has 5 rings (SSSR count). The fraction of sp³-hybridized carbons (Fsp3) is 0.286. The Labute approximate surface area is 216 Å². The highest BCUT2D eigenvalue weighted by Gasteiger charge is 2.53. The summed E-state index contributed by atoms with van der Waals surface area (Å²) in [5.74, 6) is -0.678. The van der Waals surface area contributed by atoms with E-state index >= 15 is 0 Å². The normalized spacial score (nSPS) is 17.0. The van der Waals surface area contributed by atoms with Crippen LogP contribution < -0.4 is 10.2 Å². The largest absolute Gasteiger partial charge is 0.468 e. The maximum Gasteiger partial charge on any atom is 0.325 e. The number of rotatable bonds is 6. The molecular weight excluding hydrogens is 490 g/mol. The predicted octanol–water partition coefficient (Wildman–Crippen LogP) is 3.98. The third-order valence-electron chi connectivity index (χ3n) is 7.25. The number of fused-ring (bicyclic) bond motifs is 2. The number of ether oxygens (including phenoxy) is 1. The van der Waals surface area contributed by atoms with E-state index in [0.717, 1.165) is 22.5 Å². The minimum Gasteiger partial charge on any atom is -0.468 e. The molecule has 1 N–H and O–H groups in total. The van der Waals surface area contributed by atoms with Crippen LogP contribution in [0.2, 0.25) is 0 Å². The summed E-state index contributed by atoms with van der Waals surface area (Å²) in [7, 11) is -2.44. The van der Waals surface area contributed by atoms with Gasteiger partial charge in [0.05, 0.1) is 17.4 Å². The number of methoxy groups -OCH3 is 1. The number of nitrogens with zero attached hydrogens (tertiary/aromatic N) is 2. The van der Waals surface area contributed by atoms with Crippen LogP contribution in [-0.2, 0) is 29.8 Å². The molecule has 0 unspecified atom stereocenters. The van der Waals surface area contributed by atoms with Crippen molar-refractivity contribution in [2.75, 3.05) is 37.0 Å². The van der Waals surface area contributed by atoms with Crippen molar-refractivity contribution in [1.82, 2.24) is 4.31 Å². The summed E-state index contributed by atoms with van der Waals surface area (Å²) in [6.45, 7) is 2.26. The quantitative estimate of drug-likeness (QED) is 0.495. The molecule has 0 saturated carbocycles. The van der Waals surface area contributed by atoms with E-state index in [1.165, 1.54) is 16.3 Å². The van der Waals surface area contributed by atoms with E-state index in [4.69, 9.17) is 4.74 Å². The van der Waals surface area contributed by atoms with Crippen LogP contribution >= 0.6 is 0 Å². The van der Waals surface area contributed by atoms with Crippen LogP contribution in [0.4, 0.5) is 17.1 Å². The Kier molecular flexibility index (Phi) is 6.51. The highest BCUT2D eigenvalue weighted by molar-refractivity contribution is 7.89. The Morgan fingerprint density at radius 2 is 1.68 bits per heavy atom. The van der Waals surface area contributed by atoms with E-state index in [1.807, 2.05) is 55.5 Å². The van der Waals surface area contributed by atoms with E-state index < -0.39 is 21.4 Å². The van der Waals surface area contributed by atoms with Crippen LogP contribution in [0.25, 0.3) is 0 Å². The van der Waals surface area contributed by atoms with Crippen LogP contribution in [0.5, 0.6) is 0 Å². The van der Waals surface area contributed by atoms with Gasteiger partial charge in [0.1, 0.15) is 6.54 Å². The Balaban J connectivity index is 1.32. The number of amides is 1. The number of piperidine rings is 1. The topological polar surface area (TPSA) is 96.0 Å². The zero-order chi connectivity index (χ0) is 26.2. The molecule has 8 nitrogen and oxygen atoms in total. The van der Waals surface area contributed by atoms with Crippen molar-refractivity contribution < 1.29 is 22.7 Å². The standard InChI is InChI=1S/C28H29N3O5S/c1-20-6-5-7-22(18-20)29-21-10-12-23(13-11-21)37(34,35)30-16-14-28(15-17-30)24-8-3-4-9-25(24)31(27(28)33)19-26(32)36-2/h3-13,18,29H,14-17,19H2,1-2H3. The van der Waals surface area contributed by atoms with Gasteiger partial charge in [0.25, 0.3) is 0 Å². The summed E-state index contributed by atoms with van der Waals surface area (Å²) in [6.07, 6.45) is 0.680. The molecule has 1 spiro atoms. The van der Waals surface area contributed by atoms with Gasteiger partial charge in [-0.3, -0.25) is 9.59 Å². The van der Waals surface area contributed by atoms with E-state index in [1.54, 1.807) is 24.3 Å². The van der Waals surface area contributed by atoms with Crippen LogP contribution in [0, 0.1) is 6.92 Å². The second-order valence-electron chi connectivity index (χ2n) is 9.49. The van der Waals surface area contributed by atoms with Crippen molar-refractivity contribution >= 4 is 39.0 Å². The molecule has 3 aromatic rings. The molecule has 9 heteroatoms. The van der Waals surface area contributed by atoms with Gasteiger partial charge in [-0.2, -0.15) is 4.31 Å². The predicted molar refractivity (Wildman–Crippen MR) is 141 cm³/mol. The summed E-state index contributed by atoms with van der Waals surface area (Å²) >= 11 is 0. The first-order valence-electron chi connectivity index (χ1n) is 12.2. The van der Waals surface area contributed by atoms with Crippen molar-refractivity contribution in [3.8, 4) is 0 Å². The summed E-state index contributed by atoms with van der Waals surface area (Å²) in [6, 6.07) is 22.1. The van der Waals surface area contributed by atoms with E-state index in [9.17, 15) is 18.0 Å². The van der Waals surface area contributed by atoms with Crippen molar-refractivity contribution in [2.45, 2.75) is 30.1 Å². The fourth-order valence-electron chi connectivity index (χ4n) is 5.29. The molecule has 0 radical (unpaired) electrons. The Hall–Kier alpha value is -3.69. The van der Waals surface area contributed by atoms with Gasteiger partial charge in [-0.25, -0.2) is 8.42 Å². The molecule has 2 aliphatic heterocycles. The van der Waals surface area contributed by atoms with Crippen LogP contribution in [0.15, 0.2) is 77.7 Å². The fourth-order valence-corrected chi connectivity index (χ4v) is 6.73. The van der Waals surface area contributed by atoms with Gasteiger partial charge >= 0.3 is 5.97 Å². The zero-order valence-electron chi connectivity index (χ0n) is 20.8. The van der Waals surface area contributed by atoms with Crippen LogP contribution in [0.3, 0.4) is 0 Å². The SMILES string of the molecule is COC(=O)CN1C(=O)C2(CCN(S(=O)(=O)c3ccc(Nc4cccc(C)c4)cc3)CC2)c2ccccc21. The monoisotopic (exact) mass is 519 g/mol. The molecule has 1 saturated heterocycles. The number of aryl methyl sites for hydroxylation is 1. The molecule has 3 aromatic carbocycles. The number of para-hydroxylation sites is 1. The van der Waals surface area contributed by atoms with Gasteiger partial charge in [-0.15, -0.1) is 0 Å². The number of carbonyl (C=O) groups excluding carboxylic acids is 2. The Morgan fingerprint density at radius 1 is 0.973 bits per heavy atom. The van der Waals surface area contributed by atoms with Crippen molar-refractivity contribution in [3.05, 3.63) is 83.9 Å². The van der Waals surface area contributed by atoms with E-state index in [-0.39, 0.29) is 30.4 Å². The number of esters is 1. The van der Waals surface area contributed by atoms with E-state index in [2.05, 4.69) is 5.32 Å². The number of anilines is 3. The lowest BCUT2D eigenvalue weighted by molar-refractivity contribution is -0.140. The number of sulfonamides is 1. The molecule has 1 fully saturated rings. The molecule has 1 amide bonds. The minimum absolute atomic E-state index is 0.168. The second kappa shape index (κ2) is 9.64. The Morgan fingerprint density at radius 3 is 2.35 bits per heavy atom. The maximum absolute atomic E-state index is 13.6.